The van der Waals surface area contributed by atoms with Gasteiger partial charge in [0.15, 0.2) is 5.58 Å². The monoisotopic (exact) mass is 511 g/mol. The number of anilines is 3. The predicted octanol–water partition coefficient (Wildman–Crippen LogP) is 11.0. The molecule has 0 N–H and O–H groups in total. The Labute approximate surface area is 232 Å². The maximum atomic E-state index is 6.82. The van der Waals surface area contributed by atoms with Gasteiger partial charge in [0.05, 0.1) is 5.69 Å². The molecule has 8 aromatic rings. The summed E-state index contributed by atoms with van der Waals surface area (Å²) in [6, 6.07) is 53.6. The number of furan rings is 1. The standard InChI is InChI=1S/C38H25NO/c1-3-13-27(14-4-1)34-25-36-37(32-19-10-9-18-31(32)34)33-20-11-21-35(38(33)40-36)39(29-16-5-2-6-17-29)30-23-22-26-12-7-8-15-28(26)24-30/h1-25H. The fraction of sp³-hybridized carbons (Fsp3) is 0. The molecule has 40 heavy (non-hydrogen) atoms. The Morgan fingerprint density at radius 1 is 0.450 bits per heavy atom. The van der Waals surface area contributed by atoms with Crippen molar-refractivity contribution in [1.29, 1.82) is 0 Å². The molecule has 0 aliphatic carbocycles. The van der Waals surface area contributed by atoms with Crippen molar-refractivity contribution >= 4 is 60.5 Å². The minimum atomic E-state index is 0.880. The highest BCUT2D eigenvalue weighted by Crippen LogP contribution is 2.45. The molecule has 0 atom stereocenters. The summed E-state index contributed by atoms with van der Waals surface area (Å²) >= 11 is 0. The molecule has 0 bridgehead atoms. The number of para-hydroxylation sites is 2. The molecule has 1 aromatic heterocycles. The summed E-state index contributed by atoms with van der Waals surface area (Å²) in [5.74, 6) is 0. The van der Waals surface area contributed by atoms with Crippen LogP contribution in [0, 0.1) is 0 Å². The van der Waals surface area contributed by atoms with Crippen LogP contribution in [0.5, 0.6) is 0 Å². The number of hydrogen-bond donors (Lipinski definition) is 0. The molecular weight excluding hydrogens is 486 g/mol. The van der Waals surface area contributed by atoms with E-state index in [0.29, 0.717) is 0 Å². The van der Waals surface area contributed by atoms with E-state index in [1.54, 1.807) is 0 Å². The first-order valence-corrected chi connectivity index (χ1v) is 13.6. The third-order valence-corrected chi connectivity index (χ3v) is 7.82. The summed E-state index contributed by atoms with van der Waals surface area (Å²) in [4.78, 5) is 2.30. The zero-order valence-electron chi connectivity index (χ0n) is 21.8. The second-order valence-corrected chi connectivity index (χ2v) is 10.2. The average Bonchev–Trinajstić information content (AvgIpc) is 3.41. The Balaban J connectivity index is 1.43. The van der Waals surface area contributed by atoms with Crippen LogP contribution in [-0.2, 0) is 0 Å². The number of benzene rings is 7. The van der Waals surface area contributed by atoms with Crippen LogP contribution in [0.2, 0.25) is 0 Å². The Morgan fingerprint density at radius 2 is 1.12 bits per heavy atom. The van der Waals surface area contributed by atoms with Crippen molar-refractivity contribution in [2.45, 2.75) is 0 Å². The topological polar surface area (TPSA) is 16.4 Å². The lowest BCUT2D eigenvalue weighted by Crippen LogP contribution is -2.10. The van der Waals surface area contributed by atoms with Gasteiger partial charge in [0.1, 0.15) is 5.58 Å². The van der Waals surface area contributed by atoms with Crippen LogP contribution in [0.4, 0.5) is 17.1 Å². The van der Waals surface area contributed by atoms with Gasteiger partial charge in [-0.2, -0.15) is 0 Å². The molecule has 8 rings (SSSR count). The maximum Gasteiger partial charge on any atom is 0.159 e. The first-order valence-electron chi connectivity index (χ1n) is 13.6. The van der Waals surface area contributed by atoms with E-state index >= 15 is 0 Å². The fourth-order valence-corrected chi connectivity index (χ4v) is 6.00. The summed E-state index contributed by atoms with van der Waals surface area (Å²) in [6.07, 6.45) is 0. The van der Waals surface area contributed by atoms with Crippen LogP contribution in [-0.4, -0.2) is 0 Å². The highest BCUT2D eigenvalue weighted by atomic mass is 16.3. The zero-order valence-corrected chi connectivity index (χ0v) is 21.8. The largest absolute Gasteiger partial charge is 0.454 e. The van der Waals surface area contributed by atoms with Gasteiger partial charge >= 0.3 is 0 Å². The van der Waals surface area contributed by atoms with Crippen molar-refractivity contribution in [2.24, 2.45) is 0 Å². The summed E-state index contributed by atoms with van der Waals surface area (Å²) in [5.41, 5.74) is 7.33. The third kappa shape index (κ3) is 3.58. The molecule has 7 aromatic carbocycles. The van der Waals surface area contributed by atoms with Gasteiger partial charge in [-0.3, -0.25) is 0 Å². The molecule has 0 unspecified atom stereocenters. The second-order valence-electron chi connectivity index (χ2n) is 10.2. The first-order chi connectivity index (χ1) is 19.8. The molecule has 0 amide bonds. The van der Waals surface area contributed by atoms with E-state index in [9.17, 15) is 0 Å². The van der Waals surface area contributed by atoms with Crippen molar-refractivity contribution < 1.29 is 4.42 Å². The van der Waals surface area contributed by atoms with Crippen LogP contribution in [0.25, 0.3) is 54.6 Å². The minimum absolute atomic E-state index is 0.880. The van der Waals surface area contributed by atoms with Crippen LogP contribution in [0.15, 0.2) is 156 Å². The van der Waals surface area contributed by atoms with Crippen molar-refractivity contribution in [3.63, 3.8) is 0 Å². The van der Waals surface area contributed by atoms with Gasteiger partial charge in [-0.15, -0.1) is 0 Å². The molecule has 0 saturated heterocycles. The highest BCUT2D eigenvalue weighted by Gasteiger charge is 2.21. The molecule has 2 nitrogen and oxygen atoms in total. The Kier molecular flexibility index (Phi) is 5.17. The number of rotatable bonds is 4. The van der Waals surface area contributed by atoms with Crippen LogP contribution in [0.3, 0.4) is 0 Å². The number of fused-ring (bicyclic) bond motifs is 6. The molecule has 0 aliphatic heterocycles. The minimum Gasteiger partial charge on any atom is -0.454 e. The molecule has 0 saturated carbocycles. The van der Waals surface area contributed by atoms with Gasteiger partial charge in [-0.25, -0.2) is 0 Å². The number of hydrogen-bond acceptors (Lipinski definition) is 2. The van der Waals surface area contributed by atoms with Crippen molar-refractivity contribution in [2.75, 3.05) is 4.90 Å². The molecule has 0 spiro atoms. The lowest BCUT2D eigenvalue weighted by atomic mass is 9.95. The highest BCUT2D eigenvalue weighted by molar-refractivity contribution is 6.23. The van der Waals surface area contributed by atoms with E-state index in [4.69, 9.17) is 4.42 Å². The third-order valence-electron chi connectivity index (χ3n) is 7.82. The lowest BCUT2D eigenvalue weighted by Gasteiger charge is -2.25. The van der Waals surface area contributed by atoms with Crippen LogP contribution < -0.4 is 4.90 Å². The summed E-state index contributed by atoms with van der Waals surface area (Å²) in [5, 5.41) is 7.12. The van der Waals surface area contributed by atoms with E-state index in [1.807, 2.05) is 0 Å². The van der Waals surface area contributed by atoms with Crippen LogP contribution in [0.1, 0.15) is 0 Å². The molecular formula is C38H25NO. The summed E-state index contributed by atoms with van der Waals surface area (Å²) in [6.45, 7) is 0. The maximum absolute atomic E-state index is 6.82. The smallest absolute Gasteiger partial charge is 0.159 e. The summed E-state index contributed by atoms with van der Waals surface area (Å²) in [7, 11) is 0. The summed E-state index contributed by atoms with van der Waals surface area (Å²) < 4.78 is 6.82. The van der Waals surface area contributed by atoms with Gasteiger partial charge in [-0.1, -0.05) is 115 Å². The van der Waals surface area contributed by atoms with Gasteiger partial charge in [0.25, 0.3) is 0 Å². The molecule has 188 valence electrons. The molecule has 0 fully saturated rings. The number of nitrogens with zero attached hydrogens (tertiary/aromatic N) is 1. The van der Waals surface area contributed by atoms with E-state index in [-0.39, 0.29) is 0 Å². The Bertz CT molecular complexity index is 2160. The van der Waals surface area contributed by atoms with Gasteiger partial charge in [0, 0.05) is 22.1 Å². The second kappa shape index (κ2) is 9.14. The van der Waals surface area contributed by atoms with E-state index < -0.39 is 0 Å². The van der Waals surface area contributed by atoms with Gasteiger partial charge in [-0.05, 0) is 69.1 Å². The quantitative estimate of drug-likeness (QED) is 0.234. The SMILES string of the molecule is c1ccc(-c2cc3oc4c(N(c5ccccc5)c5ccc6ccccc6c5)cccc4c3c3ccccc23)cc1. The molecule has 2 heteroatoms. The normalized spacial score (nSPS) is 11.5. The zero-order chi connectivity index (χ0) is 26.5. The lowest BCUT2D eigenvalue weighted by molar-refractivity contribution is 0.669. The van der Waals surface area contributed by atoms with Crippen molar-refractivity contribution in [3.8, 4) is 11.1 Å². The van der Waals surface area contributed by atoms with Crippen LogP contribution >= 0.6 is 0 Å². The van der Waals surface area contributed by atoms with E-state index in [0.717, 1.165) is 39.0 Å². The molecule has 0 radical (unpaired) electrons. The molecule has 0 aliphatic rings. The average molecular weight is 512 g/mol. The van der Waals surface area contributed by atoms with Gasteiger partial charge in [0.2, 0.25) is 0 Å². The fourth-order valence-electron chi connectivity index (χ4n) is 6.00. The Morgan fingerprint density at radius 3 is 1.95 bits per heavy atom. The predicted molar refractivity (Wildman–Crippen MR) is 169 cm³/mol. The first kappa shape index (κ1) is 22.6. The Hall–Kier alpha value is -5.34. The molecule has 1 heterocycles. The van der Waals surface area contributed by atoms with Crippen molar-refractivity contribution in [1.82, 2.24) is 0 Å². The van der Waals surface area contributed by atoms with E-state index in [2.05, 4.69) is 157 Å². The van der Waals surface area contributed by atoms with Crippen molar-refractivity contribution in [3.05, 3.63) is 152 Å². The van der Waals surface area contributed by atoms with Gasteiger partial charge < -0.3 is 9.32 Å². The van der Waals surface area contributed by atoms with E-state index in [1.165, 1.54) is 32.7 Å².